The van der Waals surface area contributed by atoms with Crippen molar-refractivity contribution < 1.29 is 8.78 Å². The zero-order valence-electron chi connectivity index (χ0n) is 12.6. The predicted molar refractivity (Wildman–Crippen MR) is 79.7 cm³/mol. The summed E-state index contributed by atoms with van der Waals surface area (Å²) in [5.41, 5.74) is 3.45. The second-order valence-electron chi connectivity index (χ2n) is 5.92. The van der Waals surface area contributed by atoms with Gasteiger partial charge in [0.15, 0.2) is 0 Å². The second-order valence-corrected chi connectivity index (χ2v) is 5.92. The van der Waals surface area contributed by atoms with Crippen LogP contribution in [0.2, 0.25) is 0 Å². The minimum atomic E-state index is -0.549. The van der Waals surface area contributed by atoms with Crippen LogP contribution in [0.15, 0.2) is 18.2 Å². The van der Waals surface area contributed by atoms with E-state index in [0.29, 0.717) is 12.0 Å². The first kappa shape index (κ1) is 16.3. The molecule has 1 saturated heterocycles. The number of likely N-dealkylation sites (N-methyl/N-ethyl adjacent to an activating group) is 2. The summed E-state index contributed by atoms with van der Waals surface area (Å²) in [6, 6.07) is 3.77. The minimum absolute atomic E-state index is 0.0586. The third-order valence-corrected chi connectivity index (χ3v) is 4.17. The number of hydrogen-bond donors (Lipinski definition) is 2. The van der Waals surface area contributed by atoms with Gasteiger partial charge in [0.25, 0.3) is 0 Å². The Morgan fingerprint density at radius 2 is 1.90 bits per heavy atom. The summed E-state index contributed by atoms with van der Waals surface area (Å²) in [6.07, 6.45) is 1.60. The summed E-state index contributed by atoms with van der Waals surface area (Å²) in [5, 5.41) is 0. The van der Waals surface area contributed by atoms with Gasteiger partial charge in [-0.25, -0.2) is 8.78 Å². The van der Waals surface area contributed by atoms with E-state index in [1.54, 1.807) is 0 Å². The fraction of sp³-hybridized carbons (Fsp3) is 0.600. The first-order valence-corrected chi connectivity index (χ1v) is 7.29. The molecule has 0 aliphatic carbocycles. The van der Waals surface area contributed by atoms with Crippen LogP contribution < -0.4 is 11.3 Å². The van der Waals surface area contributed by atoms with Crippen LogP contribution in [0, 0.1) is 11.6 Å². The van der Waals surface area contributed by atoms with E-state index in [9.17, 15) is 8.78 Å². The van der Waals surface area contributed by atoms with Crippen molar-refractivity contribution >= 4 is 0 Å². The predicted octanol–water partition coefficient (Wildman–Crippen LogP) is 0.975. The lowest BCUT2D eigenvalue weighted by atomic mass is 9.98. The molecule has 3 N–H and O–H groups in total. The van der Waals surface area contributed by atoms with E-state index in [1.807, 2.05) is 0 Å². The highest BCUT2D eigenvalue weighted by Gasteiger charge is 2.28. The molecule has 0 spiro atoms. The lowest BCUT2D eigenvalue weighted by molar-refractivity contribution is 0.177. The van der Waals surface area contributed by atoms with E-state index in [1.165, 1.54) is 12.1 Å². The standard InChI is InChI=1S/C15H24F2N4/c1-20-4-3-5-21(2)15(10-20)14(19-18)8-11-6-12(16)9-13(17)7-11/h6-7,9,14-15,19H,3-5,8,10,18H2,1-2H3. The van der Waals surface area contributed by atoms with Gasteiger partial charge in [-0.2, -0.15) is 0 Å². The Morgan fingerprint density at radius 3 is 2.52 bits per heavy atom. The Kier molecular flexibility index (Phi) is 5.64. The molecule has 1 aliphatic heterocycles. The SMILES string of the molecule is CN1CCCN(C)C(C(Cc2cc(F)cc(F)c2)NN)C1. The molecule has 0 saturated carbocycles. The molecule has 6 heteroatoms. The first-order chi connectivity index (χ1) is 9.99. The fourth-order valence-electron chi connectivity index (χ4n) is 3.03. The van der Waals surface area contributed by atoms with Gasteiger partial charge in [0.2, 0.25) is 0 Å². The van der Waals surface area contributed by atoms with Crippen molar-refractivity contribution in [2.45, 2.75) is 24.9 Å². The summed E-state index contributed by atoms with van der Waals surface area (Å²) in [7, 11) is 4.15. The van der Waals surface area contributed by atoms with E-state index in [4.69, 9.17) is 5.84 Å². The van der Waals surface area contributed by atoms with Gasteiger partial charge in [-0.1, -0.05) is 0 Å². The van der Waals surface area contributed by atoms with E-state index >= 15 is 0 Å². The van der Waals surface area contributed by atoms with Crippen molar-refractivity contribution in [3.63, 3.8) is 0 Å². The Bertz CT molecular complexity index is 449. The summed E-state index contributed by atoms with van der Waals surface area (Å²) in [6.45, 7) is 2.92. The number of nitrogens with two attached hydrogens (primary N) is 1. The van der Waals surface area contributed by atoms with E-state index in [-0.39, 0.29) is 12.1 Å². The molecule has 4 nitrogen and oxygen atoms in total. The third-order valence-electron chi connectivity index (χ3n) is 4.17. The molecule has 0 bridgehead atoms. The minimum Gasteiger partial charge on any atom is -0.305 e. The van der Waals surface area contributed by atoms with Gasteiger partial charge in [-0.05, 0) is 57.7 Å². The van der Waals surface area contributed by atoms with Crippen LogP contribution in [0.25, 0.3) is 0 Å². The zero-order valence-corrected chi connectivity index (χ0v) is 12.6. The van der Waals surface area contributed by atoms with E-state index in [0.717, 1.165) is 32.1 Å². The van der Waals surface area contributed by atoms with E-state index < -0.39 is 11.6 Å². The number of hydrazine groups is 1. The lowest BCUT2D eigenvalue weighted by Crippen LogP contribution is -2.55. The highest BCUT2D eigenvalue weighted by Crippen LogP contribution is 2.16. The zero-order chi connectivity index (χ0) is 15.4. The molecular formula is C15H24F2N4. The van der Waals surface area contributed by atoms with Crippen molar-refractivity contribution in [1.29, 1.82) is 0 Å². The molecule has 0 aromatic heterocycles. The number of halogens is 2. The maximum Gasteiger partial charge on any atom is 0.126 e. The number of rotatable bonds is 4. The average Bonchev–Trinajstić information content (AvgIpc) is 2.57. The monoisotopic (exact) mass is 298 g/mol. The second kappa shape index (κ2) is 7.26. The molecule has 1 heterocycles. The maximum absolute atomic E-state index is 13.3. The topological polar surface area (TPSA) is 44.5 Å². The molecule has 1 aromatic rings. The highest BCUT2D eigenvalue weighted by atomic mass is 19.1. The number of benzene rings is 1. The quantitative estimate of drug-likeness (QED) is 0.642. The van der Waals surface area contributed by atoms with Crippen molar-refractivity contribution in [2.75, 3.05) is 33.7 Å². The normalized spacial score (nSPS) is 23.0. The summed E-state index contributed by atoms with van der Waals surface area (Å²) >= 11 is 0. The van der Waals surface area contributed by atoms with Gasteiger partial charge in [0.05, 0.1) is 0 Å². The maximum atomic E-state index is 13.3. The van der Waals surface area contributed by atoms with Crippen LogP contribution in [-0.4, -0.2) is 55.6 Å². The summed E-state index contributed by atoms with van der Waals surface area (Å²) < 4.78 is 26.6. The average molecular weight is 298 g/mol. The van der Waals surface area contributed by atoms with Crippen molar-refractivity contribution in [3.8, 4) is 0 Å². The Morgan fingerprint density at radius 1 is 1.24 bits per heavy atom. The summed E-state index contributed by atoms with van der Waals surface area (Å²) in [4.78, 5) is 4.54. The van der Waals surface area contributed by atoms with Gasteiger partial charge in [-0.3, -0.25) is 11.3 Å². The van der Waals surface area contributed by atoms with Gasteiger partial charge < -0.3 is 9.80 Å². The molecule has 1 aliphatic rings. The molecule has 21 heavy (non-hydrogen) atoms. The molecule has 1 aromatic carbocycles. The Labute approximate surface area is 124 Å². The largest absolute Gasteiger partial charge is 0.305 e. The number of hydrogen-bond acceptors (Lipinski definition) is 4. The molecule has 0 amide bonds. The molecule has 0 radical (unpaired) electrons. The van der Waals surface area contributed by atoms with Gasteiger partial charge in [0, 0.05) is 24.7 Å². The van der Waals surface area contributed by atoms with Gasteiger partial charge >= 0.3 is 0 Å². The molecule has 2 unspecified atom stereocenters. The van der Waals surface area contributed by atoms with Crippen LogP contribution in [0.5, 0.6) is 0 Å². The summed E-state index contributed by atoms with van der Waals surface area (Å²) in [5.74, 6) is 4.61. The number of nitrogens with zero attached hydrogens (tertiary/aromatic N) is 2. The smallest absolute Gasteiger partial charge is 0.126 e. The molecule has 2 rings (SSSR count). The van der Waals surface area contributed by atoms with Crippen LogP contribution in [0.1, 0.15) is 12.0 Å². The Balaban J connectivity index is 2.13. The van der Waals surface area contributed by atoms with Crippen LogP contribution in [0.3, 0.4) is 0 Å². The molecular weight excluding hydrogens is 274 g/mol. The van der Waals surface area contributed by atoms with Crippen LogP contribution in [0.4, 0.5) is 8.78 Å². The third kappa shape index (κ3) is 4.44. The molecule has 1 fully saturated rings. The lowest BCUT2D eigenvalue weighted by Gasteiger charge is -2.34. The first-order valence-electron chi connectivity index (χ1n) is 7.29. The molecule has 2 atom stereocenters. The molecule has 118 valence electrons. The van der Waals surface area contributed by atoms with Crippen molar-refractivity contribution in [3.05, 3.63) is 35.4 Å². The van der Waals surface area contributed by atoms with E-state index in [2.05, 4.69) is 29.3 Å². The Hall–Kier alpha value is -1.08. The fourth-order valence-corrected chi connectivity index (χ4v) is 3.03. The van der Waals surface area contributed by atoms with Crippen LogP contribution >= 0.6 is 0 Å². The van der Waals surface area contributed by atoms with Crippen molar-refractivity contribution in [2.24, 2.45) is 5.84 Å². The van der Waals surface area contributed by atoms with Crippen molar-refractivity contribution in [1.82, 2.24) is 15.2 Å². The highest BCUT2D eigenvalue weighted by molar-refractivity contribution is 5.19. The van der Waals surface area contributed by atoms with Gasteiger partial charge in [0.1, 0.15) is 11.6 Å². The van der Waals surface area contributed by atoms with Gasteiger partial charge in [-0.15, -0.1) is 0 Å². The van der Waals surface area contributed by atoms with Crippen LogP contribution in [-0.2, 0) is 6.42 Å². The number of nitrogens with one attached hydrogen (secondary N) is 1.